The summed E-state index contributed by atoms with van der Waals surface area (Å²) in [4.78, 5) is 15.0. The quantitative estimate of drug-likeness (QED) is 0.860. The molecule has 0 spiro atoms. The van der Waals surface area contributed by atoms with E-state index in [1.54, 1.807) is 13.3 Å². The number of piperidine rings is 1. The molecule has 0 N–H and O–H groups in total. The van der Waals surface area contributed by atoms with Crippen molar-refractivity contribution >= 4 is 5.91 Å². The summed E-state index contributed by atoms with van der Waals surface area (Å²) >= 11 is 0. The molecule has 6 heteroatoms. The average molecular weight is 341 g/mol. The van der Waals surface area contributed by atoms with E-state index >= 15 is 0 Å². The van der Waals surface area contributed by atoms with Crippen molar-refractivity contribution in [3.05, 3.63) is 42.2 Å². The summed E-state index contributed by atoms with van der Waals surface area (Å²) in [5.41, 5.74) is 1.05. The third-order valence-corrected chi connectivity index (χ3v) is 5.13. The molecule has 0 bridgehead atoms. The minimum atomic E-state index is -0.129. The van der Waals surface area contributed by atoms with Gasteiger partial charge in [-0.15, -0.1) is 0 Å². The molecule has 1 fully saturated rings. The summed E-state index contributed by atoms with van der Waals surface area (Å²) < 4.78 is 13.2. The average Bonchev–Trinajstić information content (AvgIpc) is 3.21. The number of carbonyl (C=O) groups is 1. The van der Waals surface area contributed by atoms with Crippen LogP contribution in [0.15, 0.2) is 36.7 Å². The van der Waals surface area contributed by atoms with Gasteiger partial charge in [-0.1, -0.05) is 12.1 Å². The van der Waals surface area contributed by atoms with Crippen LogP contribution in [0.25, 0.3) is 0 Å². The molecule has 0 aliphatic carbocycles. The summed E-state index contributed by atoms with van der Waals surface area (Å²) in [6.07, 6.45) is 6.54. The maximum absolute atomic E-state index is 13.0. The first-order valence-corrected chi connectivity index (χ1v) is 8.83. The van der Waals surface area contributed by atoms with Crippen molar-refractivity contribution < 1.29 is 14.3 Å². The van der Waals surface area contributed by atoms with E-state index in [-0.39, 0.29) is 17.9 Å². The van der Waals surface area contributed by atoms with Gasteiger partial charge in [-0.05, 0) is 37.0 Å². The van der Waals surface area contributed by atoms with Gasteiger partial charge in [-0.2, -0.15) is 5.10 Å². The predicted octanol–water partition coefficient (Wildman–Crippen LogP) is 2.31. The first-order chi connectivity index (χ1) is 12.3. The summed E-state index contributed by atoms with van der Waals surface area (Å²) in [5, 5.41) is 4.34. The molecular formula is C19H23N3O3. The van der Waals surface area contributed by atoms with Crippen molar-refractivity contribution in [3.63, 3.8) is 0 Å². The lowest BCUT2D eigenvalue weighted by molar-refractivity contribution is -0.138. The molecular weight excluding hydrogens is 318 g/mol. The van der Waals surface area contributed by atoms with E-state index in [2.05, 4.69) is 5.10 Å². The summed E-state index contributed by atoms with van der Waals surface area (Å²) in [7, 11) is 1.64. The van der Waals surface area contributed by atoms with Crippen LogP contribution in [-0.4, -0.2) is 47.4 Å². The number of methoxy groups -OCH3 is 1. The van der Waals surface area contributed by atoms with Crippen LogP contribution < -0.4 is 9.47 Å². The molecule has 0 saturated carbocycles. The number of hydrogen-bond donors (Lipinski definition) is 0. The lowest BCUT2D eigenvalue weighted by Gasteiger charge is -2.36. The topological polar surface area (TPSA) is 56.6 Å². The van der Waals surface area contributed by atoms with Crippen LogP contribution in [0.2, 0.25) is 0 Å². The molecule has 2 aliphatic heterocycles. The number of carbonyl (C=O) groups excluding carboxylic acids is 1. The van der Waals surface area contributed by atoms with E-state index in [9.17, 15) is 4.79 Å². The van der Waals surface area contributed by atoms with Gasteiger partial charge in [0.15, 0.2) is 11.5 Å². The van der Waals surface area contributed by atoms with Crippen molar-refractivity contribution in [2.45, 2.75) is 25.3 Å². The highest BCUT2D eigenvalue weighted by Gasteiger charge is 2.33. The first-order valence-electron chi connectivity index (χ1n) is 8.83. The molecule has 3 heterocycles. The minimum absolute atomic E-state index is 0.129. The Morgan fingerprint density at radius 1 is 1.36 bits per heavy atom. The predicted molar refractivity (Wildman–Crippen MR) is 92.8 cm³/mol. The number of benzene rings is 1. The highest BCUT2D eigenvalue weighted by molar-refractivity contribution is 5.80. The lowest BCUT2D eigenvalue weighted by Crippen LogP contribution is -2.46. The maximum atomic E-state index is 13.0. The van der Waals surface area contributed by atoms with E-state index in [1.807, 2.05) is 40.0 Å². The third-order valence-electron chi connectivity index (χ3n) is 5.13. The van der Waals surface area contributed by atoms with Gasteiger partial charge in [-0.3, -0.25) is 9.48 Å². The van der Waals surface area contributed by atoms with Crippen LogP contribution in [0.4, 0.5) is 0 Å². The fraction of sp³-hybridized carbons (Fsp3) is 0.474. The second-order valence-corrected chi connectivity index (χ2v) is 6.73. The Kier molecular flexibility index (Phi) is 4.34. The first kappa shape index (κ1) is 16.0. The van der Waals surface area contributed by atoms with Crippen LogP contribution in [-0.2, 0) is 11.2 Å². The van der Waals surface area contributed by atoms with Crippen LogP contribution in [0.3, 0.4) is 0 Å². The van der Waals surface area contributed by atoms with Crippen molar-refractivity contribution in [2.75, 3.05) is 26.8 Å². The fourth-order valence-corrected chi connectivity index (χ4v) is 3.84. The maximum Gasteiger partial charge on any atom is 0.229 e. The number of fused-ring (bicyclic) bond motifs is 1. The molecule has 1 aromatic carbocycles. The van der Waals surface area contributed by atoms with Crippen LogP contribution >= 0.6 is 0 Å². The lowest BCUT2D eigenvalue weighted by atomic mass is 9.94. The Labute approximate surface area is 147 Å². The standard InChI is InChI=1S/C19H23N3O3/c1-24-17-7-2-5-14-11-15(13-25-18(14)17)19(23)21-9-3-6-16(12-21)22-10-4-8-20-22/h2,4-5,7-8,10,15-16H,3,6,9,11-13H2,1H3/t15-,16+/m1/s1. The Morgan fingerprint density at radius 3 is 3.08 bits per heavy atom. The minimum Gasteiger partial charge on any atom is -0.493 e. The van der Waals surface area contributed by atoms with E-state index < -0.39 is 0 Å². The molecule has 0 radical (unpaired) electrons. The molecule has 2 atom stereocenters. The Bertz CT molecular complexity index is 744. The largest absolute Gasteiger partial charge is 0.493 e. The summed E-state index contributed by atoms with van der Waals surface area (Å²) in [5.74, 6) is 1.57. The SMILES string of the molecule is COc1cccc2c1OC[C@H](C(=O)N1CCC[C@H](n3cccn3)C1)C2. The Morgan fingerprint density at radius 2 is 2.28 bits per heavy atom. The zero-order chi connectivity index (χ0) is 17.2. The van der Waals surface area contributed by atoms with Gasteiger partial charge in [0.2, 0.25) is 5.91 Å². The number of likely N-dealkylation sites (tertiary alicyclic amines) is 1. The smallest absolute Gasteiger partial charge is 0.229 e. The van der Waals surface area contributed by atoms with E-state index in [4.69, 9.17) is 9.47 Å². The van der Waals surface area contributed by atoms with Gasteiger partial charge in [0.05, 0.1) is 19.1 Å². The number of hydrogen-bond acceptors (Lipinski definition) is 4. The number of nitrogens with zero attached hydrogens (tertiary/aromatic N) is 3. The second kappa shape index (κ2) is 6.78. The number of amides is 1. The van der Waals surface area contributed by atoms with Gasteiger partial charge >= 0.3 is 0 Å². The Hall–Kier alpha value is -2.50. The molecule has 2 aromatic rings. The highest BCUT2D eigenvalue weighted by atomic mass is 16.5. The summed E-state index contributed by atoms with van der Waals surface area (Å²) in [6, 6.07) is 8.05. The number of rotatable bonds is 3. The molecule has 1 saturated heterocycles. The second-order valence-electron chi connectivity index (χ2n) is 6.73. The van der Waals surface area contributed by atoms with Crippen molar-refractivity contribution in [1.29, 1.82) is 0 Å². The van der Waals surface area contributed by atoms with Crippen molar-refractivity contribution in [2.24, 2.45) is 5.92 Å². The van der Waals surface area contributed by atoms with Gasteiger partial charge in [0.25, 0.3) is 0 Å². The molecule has 2 aliphatic rings. The van der Waals surface area contributed by atoms with E-state index in [0.717, 1.165) is 43.0 Å². The van der Waals surface area contributed by atoms with Gasteiger partial charge < -0.3 is 14.4 Å². The van der Waals surface area contributed by atoms with Crippen LogP contribution in [0.5, 0.6) is 11.5 Å². The Balaban J connectivity index is 1.46. The van der Waals surface area contributed by atoms with Gasteiger partial charge in [0, 0.05) is 25.5 Å². The zero-order valence-corrected chi connectivity index (χ0v) is 14.4. The summed E-state index contributed by atoms with van der Waals surface area (Å²) in [6.45, 7) is 1.95. The molecule has 1 amide bonds. The van der Waals surface area contributed by atoms with Gasteiger partial charge in [-0.25, -0.2) is 0 Å². The third kappa shape index (κ3) is 3.08. The van der Waals surface area contributed by atoms with E-state index in [0.29, 0.717) is 13.0 Å². The number of ether oxygens (including phenoxy) is 2. The number of aromatic nitrogens is 2. The normalized spacial score (nSPS) is 22.8. The van der Waals surface area contributed by atoms with E-state index in [1.165, 1.54) is 0 Å². The van der Waals surface area contributed by atoms with Gasteiger partial charge in [0.1, 0.15) is 6.61 Å². The zero-order valence-electron chi connectivity index (χ0n) is 14.4. The van der Waals surface area contributed by atoms with Crippen molar-refractivity contribution in [3.8, 4) is 11.5 Å². The fourth-order valence-electron chi connectivity index (χ4n) is 3.84. The molecule has 4 rings (SSSR count). The molecule has 0 unspecified atom stereocenters. The molecule has 132 valence electrons. The molecule has 6 nitrogen and oxygen atoms in total. The van der Waals surface area contributed by atoms with Crippen LogP contribution in [0.1, 0.15) is 24.4 Å². The van der Waals surface area contributed by atoms with Crippen LogP contribution in [0, 0.1) is 5.92 Å². The van der Waals surface area contributed by atoms with Crippen molar-refractivity contribution in [1.82, 2.24) is 14.7 Å². The monoisotopic (exact) mass is 341 g/mol. The number of para-hydroxylation sites is 1. The highest BCUT2D eigenvalue weighted by Crippen LogP contribution is 2.36. The molecule has 1 aromatic heterocycles. The molecule has 25 heavy (non-hydrogen) atoms.